The van der Waals surface area contributed by atoms with E-state index in [4.69, 9.17) is 0 Å². The molecule has 0 aromatic carbocycles. The third-order valence-corrected chi connectivity index (χ3v) is 5.86. The van der Waals surface area contributed by atoms with Crippen LogP contribution in [-0.2, 0) is 11.2 Å². The highest BCUT2D eigenvalue weighted by Crippen LogP contribution is 2.39. The molecular formula is C18H15N3O2S2. The number of aromatic nitrogens is 1. The fourth-order valence-electron chi connectivity index (χ4n) is 2.66. The van der Waals surface area contributed by atoms with Crippen LogP contribution in [0.2, 0.25) is 0 Å². The number of hydrogen-bond acceptors (Lipinski definition) is 4. The molecule has 0 radical (unpaired) electrons. The van der Waals surface area contributed by atoms with Crippen LogP contribution in [-0.4, -0.2) is 23.3 Å². The van der Waals surface area contributed by atoms with E-state index in [0.29, 0.717) is 17.0 Å². The lowest BCUT2D eigenvalue weighted by Crippen LogP contribution is -2.24. The van der Waals surface area contributed by atoms with E-state index < -0.39 is 0 Å². The number of thiophene rings is 2. The van der Waals surface area contributed by atoms with Gasteiger partial charge in [-0.25, -0.2) is 0 Å². The summed E-state index contributed by atoms with van der Waals surface area (Å²) in [5, 5.41) is 8.53. The summed E-state index contributed by atoms with van der Waals surface area (Å²) in [5.74, 6) is -0.245. The molecule has 25 heavy (non-hydrogen) atoms. The summed E-state index contributed by atoms with van der Waals surface area (Å²) in [4.78, 5) is 29.4. The molecule has 3 aromatic rings. The van der Waals surface area contributed by atoms with E-state index in [9.17, 15) is 9.59 Å². The van der Waals surface area contributed by atoms with E-state index in [-0.39, 0.29) is 11.8 Å². The standard InChI is InChI=1S/C18H15N3O2S2/c22-16-13(9-11-3-1-6-19-11)14-10-15(25-18(14)21-16)17(23)20-7-5-12-4-2-8-24-12/h1-4,6,8-10,19H,5,7H2,(H,20,23)(H,21,22). The number of rotatable bonds is 5. The first-order chi connectivity index (χ1) is 12.2. The lowest BCUT2D eigenvalue weighted by molar-refractivity contribution is -0.110. The van der Waals surface area contributed by atoms with Crippen LogP contribution in [0.3, 0.4) is 0 Å². The largest absolute Gasteiger partial charge is 0.362 e. The first-order valence-corrected chi connectivity index (χ1v) is 9.51. The van der Waals surface area contributed by atoms with Gasteiger partial charge < -0.3 is 15.6 Å². The Bertz CT molecular complexity index is 937. The van der Waals surface area contributed by atoms with Crippen molar-refractivity contribution in [3.63, 3.8) is 0 Å². The molecule has 126 valence electrons. The maximum atomic E-state index is 12.3. The molecule has 3 N–H and O–H groups in total. The maximum Gasteiger partial charge on any atom is 0.261 e. The van der Waals surface area contributed by atoms with Crippen molar-refractivity contribution < 1.29 is 9.59 Å². The molecule has 0 saturated heterocycles. The monoisotopic (exact) mass is 369 g/mol. The number of nitrogens with one attached hydrogen (secondary N) is 3. The lowest BCUT2D eigenvalue weighted by Gasteiger charge is -2.02. The van der Waals surface area contributed by atoms with Crippen LogP contribution in [0.5, 0.6) is 0 Å². The average Bonchev–Trinajstić information content (AvgIpc) is 3.36. The first kappa shape index (κ1) is 15.9. The number of H-pyrrole nitrogens is 1. The molecule has 5 nitrogen and oxygen atoms in total. The number of amides is 2. The van der Waals surface area contributed by atoms with Crippen molar-refractivity contribution in [3.8, 4) is 0 Å². The van der Waals surface area contributed by atoms with Gasteiger partial charge in [-0.05, 0) is 42.1 Å². The third-order valence-electron chi connectivity index (χ3n) is 3.88. The molecule has 0 unspecified atom stereocenters. The van der Waals surface area contributed by atoms with Gasteiger partial charge in [-0.15, -0.1) is 22.7 Å². The normalized spacial score (nSPS) is 14.6. The Balaban J connectivity index is 1.48. The van der Waals surface area contributed by atoms with Gasteiger partial charge in [-0.3, -0.25) is 9.59 Å². The van der Waals surface area contributed by atoms with Crippen LogP contribution in [0.15, 0.2) is 41.9 Å². The summed E-state index contributed by atoms with van der Waals surface area (Å²) in [6.45, 7) is 0.597. The zero-order valence-electron chi connectivity index (χ0n) is 13.2. The van der Waals surface area contributed by atoms with Crippen LogP contribution in [0.25, 0.3) is 11.6 Å². The van der Waals surface area contributed by atoms with Crippen molar-refractivity contribution in [3.05, 3.63) is 62.9 Å². The zero-order chi connectivity index (χ0) is 17.2. The lowest BCUT2D eigenvalue weighted by atomic mass is 10.1. The third kappa shape index (κ3) is 3.29. The summed E-state index contributed by atoms with van der Waals surface area (Å²) in [5.41, 5.74) is 2.21. The highest BCUT2D eigenvalue weighted by molar-refractivity contribution is 7.18. The van der Waals surface area contributed by atoms with Crippen LogP contribution in [0.1, 0.15) is 25.8 Å². The number of carbonyl (C=O) groups excluding carboxylic acids is 2. The van der Waals surface area contributed by atoms with E-state index in [2.05, 4.69) is 21.7 Å². The molecule has 2 amide bonds. The molecule has 0 bridgehead atoms. The van der Waals surface area contributed by atoms with Crippen LogP contribution in [0, 0.1) is 0 Å². The molecule has 4 rings (SSSR count). The van der Waals surface area contributed by atoms with Gasteiger partial charge in [0.05, 0.1) is 10.5 Å². The van der Waals surface area contributed by atoms with Gasteiger partial charge in [0.15, 0.2) is 0 Å². The van der Waals surface area contributed by atoms with Gasteiger partial charge in [0.1, 0.15) is 5.00 Å². The summed E-state index contributed by atoms with van der Waals surface area (Å²) in [6.07, 6.45) is 4.43. The maximum absolute atomic E-state index is 12.3. The minimum absolute atomic E-state index is 0.107. The topological polar surface area (TPSA) is 74.0 Å². The fourth-order valence-corrected chi connectivity index (χ4v) is 4.36. The minimum Gasteiger partial charge on any atom is -0.362 e. The quantitative estimate of drug-likeness (QED) is 0.601. The first-order valence-electron chi connectivity index (χ1n) is 7.82. The van der Waals surface area contributed by atoms with E-state index >= 15 is 0 Å². The molecule has 0 spiro atoms. The molecule has 4 heterocycles. The molecule has 3 aromatic heterocycles. The van der Waals surface area contributed by atoms with E-state index in [1.807, 2.05) is 23.6 Å². The molecule has 7 heteroatoms. The Labute approximate surface area is 152 Å². The molecule has 0 aliphatic carbocycles. The van der Waals surface area contributed by atoms with E-state index in [1.165, 1.54) is 16.2 Å². The second-order valence-corrected chi connectivity index (χ2v) is 7.66. The highest BCUT2D eigenvalue weighted by atomic mass is 32.1. The summed E-state index contributed by atoms with van der Waals surface area (Å²) < 4.78 is 0. The predicted octanol–water partition coefficient (Wildman–Crippen LogP) is 3.60. The van der Waals surface area contributed by atoms with Gasteiger partial charge >= 0.3 is 0 Å². The zero-order valence-corrected chi connectivity index (χ0v) is 14.8. The van der Waals surface area contributed by atoms with Gasteiger partial charge in [0, 0.05) is 28.9 Å². The Morgan fingerprint density at radius 2 is 2.20 bits per heavy atom. The van der Waals surface area contributed by atoms with Gasteiger partial charge in [-0.2, -0.15) is 0 Å². The second kappa shape index (κ2) is 6.70. The van der Waals surface area contributed by atoms with Gasteiger partial charge in [-0.1, -0.05) is 6.07 Å². The number of anilines is 1. The molecule has 0 saturated carbocycles. The molecule has 0 fully saturated rings. The highest BCUT2D eigenvalue weighted by Gasteiger charge is 2.28. The smallest absolute Gasteiger partial charge is 0.261 e. The Morgan fingerprint density at radius 1 is 1.28 bits per heavy atom. The summed E-state index contributed by atoms with van der Waals surface area (Å²) >= 11 is 2.99. The number of hydrogen-bond donors (Lipinski definition) is 3. The van der Waals surface area contributed by atoms with Crippen molar-refractivity contribution in [1.82, 2.24) is 10.3 Å². The molecule has 1 aliphatic heterocycles. The number of carbonyl (C=O) groups is 2. The Morgan fingerprint density at radius 3 is 2.96 bits per heavy atom. The predicted molar refractivity (Wildman–Crippen MR) is 102 cm³/mol. The number of fused-ring (bicyclic) bond motifs is 1. The Kier molecular flexibility index (Phi) is 4.25. The minimum atomic E-state index is -0.138. The average molecular weight is 369 g/mol. The van der Waals surface area contributed by atoms with Gasteiger partial charge in [0.2, 0.25) is 0 Å². The van der Waals surface area contributed by atoms with Crippen LogP contribution >= 0.6 is 22.7 Å². The summed E-state index contributed by atoms with van der Waals surface area (Å²) in [6, 6.07) is 9.62. The molecule has 1 aliphatic rings. The summed E-state index contributed by atoms with van der Waals surface area (Å²) in [7, 11) is 0. The van der Waals surface area contributed by atoms with Crippen molar-refractivity contribution in [2.24, 2.45) is 0 Å². The van der Waals surface area contributed by atoms with E-state index in [0.717, 1.165) is 22.7 Å². The number of aromatic amines is 1. The van der Waals surface area contributed by atoms with Crippen molar-refractivity contribution >= 4 is 51.1 Å². The van der Waals surface area contributed by atoms with Crippen molar-refractivity contribution in [2.75, 3.05) is 11.9 Å². The molecule has 0 atom stereocenters. The SMILES string of the molecule is O=C1Nc2sc(C(=O)NCCc3cccs3)cc2C1=Cc1ccc[nH]1. The van der Waals surface area contributed by atoms with E-state index in [1.54, 1.807) is 29.7 Å². The van der Waals surface area contributed by atoms with Crippen molar-refractivity contribution in [2.45, 2.75) is 6.42 Å². The van der Waals surface area contributed by atoms with Crippen LogP contribution in [0.4, 0.5) is 5.00 Å². The van der Waals surface area contributed by atoms with Crippen molar-refractivity contribution in [1.29, 1.82) is 0 Å². The Hall–Kier alpha value is -2.64. The molecular weight excluding hydrogens is 354 g/mol. The fraction of sp³-hybridized carbons (Fsp3) is 0.111. The second-order valence-electron chi connectivity index (χ2n) is 5.58. The van der Waals surface area contributed by atoms with Gasteiger partial charge in [0.25, 0.3) is 11.8 Å². The van der Waals surface area contributed by atoms with Crippen LogP contribution < -0.4 is 10.6 Å².